The second kappa shape index (κ2) is 21.2. The van der Waals surface area contributed by atoms with Crippen LogP contribution in [-0.4, -0.2) is 110 Å². The third-order valence-corrected chi connectivity index (χ3v) is 12.2. The average Bonchev–Trinajstić information content (AvgIpc) is 3.58. The van der Waals surface area contributed by atoms with E-state index in [9.17, 15) is 19.2 Å². The molecule has 0 unspecified atom stereocenters. The number of imide groups is 1. The molecule has 0 fully saturated rings. The van der Waals surface area contributed by atoms with Crippen molar-refractivity contribution >= 4 is 46.4 Å². The summed E-state index contributed by atoms with van der Waals surface area (Å²) in [5.41, 5.74) is 5.14. The van der Waals surface area contributed by atoms with Crippen LogP contribution in [0.1, 0.15) is 78.9 Å². The first kappa shape index (κ1) is 50.0. The van der Waals surface area contributed by atoms with Gasteiger partial charge >= 0.3 is 5.97 Å². The SMILES string of the molecule is CN(C)c1ccc(C(C(=O)c2ccc(OCCOc3ccc4c(c3)C(=O)N(CC(=O)OCCOc3ccc(C(=O)C(C)(C)C)cc3)C4=O)cc2)(c2ccc(N(C)C)cc2)c2ccc(N(C)C)cc2)cc1. The molecule has 70 heavy (non-hydrogen) atoms. The lowest BCUT2D eigenvalue weighted by molar-refractivity contribution is -0.144. The Labute approximate surface area is 410 Å². The minimum Gasteiger partial charge on any atom is -0.490 e. The molecule has 0 atom stereocenters. The van der Waals surface area contributed by atoms with Gasteiger partial charge in [-0.1, -0.05) is 57.2 Å². The van der Waals surface area contributed by atoms with Gasteiger partial charge in [0, 0.05) is 75.9 Å². The molecule has 0 aromatic heterocycles. The molecule has 362 valence electrons. The van der Waals surface area contributed by atoms with E-state index < -0.39 is 35.2 Å². The lowest BCUT2D eigenvalue weighted by Gasteiger charge is -2.35. The maximum absolute atomic E-state index is 15.4. The zero-order chi connectivity index (χ0) is 50.3. The van der Waals surface area contributed by atoms with Crippen molar-refractivity contribution in [2.75, 3.05) is 90.0 Å². The van der Waals surface area contributed by atoms with Crippen molar-refractivity contribution in [1.82, 2.24) is 4.90 Å². The van der Waals surface area contributed by atoms with Gasteiger partial charge in [-0.15, -0.1) is 0 Å². The van der Waals surface area contributed by atoms with Crippen molar-refractivity contribution in [3.05, 3.63) is 178 Å². The second-order valence-electron chi connectivity index (χ2n) is 18.7. The van der Waals surface area contributed by atoms with E-state index >= 15 is 4.79 Å². The van der Waals surface area contributed by atoms with Crippen LogP contribution >= 0.6 is 0 Å². The number of anilines is 3. The highest BCUT2D eigenvalue weighted by Crippen LogP contribution is 2.44. The fourth-order valence-corrected chi connectivity index (χ4v) is 8.29. The number of hydrogen-bond acceptors (Lipinski definition) is 12. The van der Waals surface area contributed by atoms with Gasteiger partial charge in [0.25, 0.3) is 11.8 Å². The Bertz CT molecular complexity index is 2710. The number of ether oxygens (including phenoxy) is 4. The molecule has 0 bridgehead atoms. The van der Waals surface area contributed by atoms with E-state index in [2.05, 4.69) is 0 Å². The van der Waals surface area contributed by atoms with Gasteiger partial charge in [-0.3, -0.25) is 28.9 Å². The van der Waals surface area contributed by atoms with Gasteiger partial charge < -0.3 is 33.6 Å². The van der Waals surface area contributed by atoms with Crippen molar-refractivity contribution in [3.63, 3.8) is 0 Å². The van der Waals surface area contributed by atoms with Crippen LogP contribution in [0, 0.1) is 5.41 Å². The molecule has 1 aliphatic heterocycles. The molecule has 0 saturated carbocycles. The Kier molecular flexibility index (Phi) is 15.1. The first-order chi connectivity index (χ1) is 33.4. The minimum atomic E-state index is -1.21. The summed E-state index contributed by atoms with van der Waals surface area (Å²) in [6, 6.07) is 42.8. The Morgan fingerprint density at radius 2 is 0.829 bits per heavy atom. The summed E-state index contributed by atoms with van der Waals surface area (Å²) in [4.78, 5) is 73.9. The molecular formula is C57H60N4O9. The first-order valence-corrected chi connectivity index (χ1v) is 23.1. The number of rotatable bonds is 20. The third kappa shape index (κ3) is 10.8. The van der Waals surface area contributed by atoms with E-state index in [0.717, 1.165) is 38.7 Å². The molecule has 0 saturated heterocycles. The lowest BCUT2D eigenvalue weighted by atomic mass is 9.65. The largest absolute Gasteiger partial charge is 0.490 e. The van der Waals surface area contributed by atoms with E-state index in [4.69, 9.17) is 18.9 Å². The number of hydrogen-bond donors (Lipinski definition) is 0. The average molecular weight is 945 g/mol. The highest BCUT2D eigenvalue weighted by Gasteiger charge is 2.44. The van der Waals surface area contributed by atoms with Gasteiger partial charge in [-0.2, -0.15) is 0 Å². The predicted molar refractivity (Wildman–Crippen MR) is 272 cm³/mol. The van der Waals surface area contributed by atoms with Crippen LogP contribution < -0.4 is 28.9 Å². The molecule has 1 aliphatic rings. The van der Waals surface area contributed by atoms with Gasteiger partial charge in [0.15, 0.2) is 11.6 Å². The zero-order valence-corrected chi connectivity index (χ0v) is 41.3. The van der Waals surface area contributed by atoms with E-state index in [1.807, 2.05) is 151 Å². The monoisotopic (exact) mass is 944 g/mol. The normalized spacial score (nSPS) is 12.3. The number of amides is 2. The standard InChI is InChI=1S/C57H60N4O9/c1-56(2,3)52(63)38-10-26-46(27-11-38)68-34-35-70-51(62)37-61-54(65)49-31-30-48(36-50(49)55(61)66)69-33-32-67-47-28-12-39(13-29-47)53(64)57(40-14-20-43(21-15-40)58(4)5,41-16-22-44(23-17-41)59(6)7)42-18-24-45(25-19-42)60(8)9/h10-31,36H,32-35,37H2,1-9H3. The Morgan fingerprint density at radius 1 is 0.457 bits per heavy atom. The van der Waals surface area contributed by atoms with Gasteiger partial charge in [0.1, 0.15) is 55.6 Å². The molecule has 0 aliphatic carbocycles. The highest BCUT2D eigenvalue weighted by atomic mass is 16.6. The molecule has 0 spiro atoms. The fourth-order valence-electron chi connectivity index (χ4n) is 8.29. The summed E-state index contributed by atoms with van der Waals surface area (Å²) in [6.45, 7) is 5.15. The Hall–Kier alpha value is -7.93. The third-order valence-electron chi connectivity index (χ3n) is 12.2. The number of carbonyl (C=O) groups excluding carboxylic acids is 5. The summed E-state index contributed by atoms with van der Waals surface area (Å²) >= 11 is 0. The highest BCUT2D eigenvalue weighted by molar-refractivity contribution is 6.22. The van der Waals surface area contributed by atoms with Crippen molar-refractivity contribution in [2.24, 2.45) is 5.41 Å². The number of fused-ring (bicyclic) bond motifs is 1. The van der Waals surface area contributed by atoms with Crippen LogP contribution in [0.4, 0.5) is 17.1 Å². The van der Waals surface area contributed by atoms with Gasteiger partial charge in [0.05, 0.1) is 11.1 Å². The summed E-state index contributed by atoms with van der Waals surface area (Å²) in [5, 5.41) is 0. The first-order valence-electron chi connectivity index (χ1n) is 23.1. The number of ketones is 2. The Balaban J connectivity index is 0.975. The minimum absolute atomic E-state index is 0.0116. The van der Waals surface area contributed by atoms with Gasteiger partial charge in [-0.25, -0.2) is 0 Å². The maximum Gasteiger partial charge on any atom is 0.326 e. The molecule has 0 N–H and O–H groups in total. The topological polar surface area (TPSA) is 135 Å². The molecule has 7 rings (SSSR count). The maximum atomic E-state index is 15.4. The van der Waals surface area contributed by atoms with Crippen LogP contribution in [-0.2, 0) is 14.9 Å². The van der Waals surface area contributed by atoms with Crippen LogP contribution in [0.25, 0.3) is 0 Å². The van der Waals surface area contributed by atoms with Crippen LogP contribution in [0.5, 0.6) is 17.2 Å². The quantitative estimate of drug-likeness (QED) is 0.0238. The van der Waals surface area contributed by atoms with Crippen molar-refractivity contribution in [3.8, 4) is 17.2 Å². The van der Waals surface area contributed by atoms with E-state index in [1.54, 1.807) is 54.6 Å². The molecule has 2 amide bonds. The number of esters is 1. The number of Topliss-reactive ketones (excluding diaryl/α,β-unsaturated/α-hetero) is 2. The van der Waals surface area contributed by atoms with Crippen LogP contribution in [0.15, 0.2) is 140 Å². The molecule has 6 aromatic carbocycles. The fraction of sp³-hybridized carbons (Fsp3) is 0.281. The van der Waals surface area contributed by atoms with Crippen molar-refractivity contribution in [1.29, 1.82) is 0 Å². The lowest BCUT2D eigenvalue weighted by Crippen LogP contribution is -2.39. The molecule has 6 aromatic rings. The summed E-state index contributed by atoms with van der Waals surface area (Å²) in [6.07, 6.45) is 0. The number of benzene rings is 6. The molecule has 13 heteroatoms. The van der Waals surface area contributed by atoms with E-state index in [-0.39, 0.29) is 49.1 Å². The van der Waals surface area contributed by atoms with E-state index in [1.165, 1.54) is 12.1 Å². The van der Waals surface area contributed by atoms with Gasteiger partial charge in [0.2, 0.25) is 0 Å². The second-order valence-corrected chi connectivity index (χ2v) is 18.7. The predicted octanol–water partition coefficient (Wildman–Crippen LogP) is 9.01. The van der Waals surface area contributed by atoms with Crippen LogP contribution in [0.3, 0.4) is 0 Å². The smallest absolute Gasteiger partial charge is 0.326 e. The number of carbonyl (C=O) groups is 5. The van der Waals surface area contributed by atoms with Crippen molar-refractivity contribution < 1.29 is 42.9 Å². The Morgan fingerprint density at radius 3 is 1.24 bits per heavy atom. The zero-order valence-electron chi connectivity index (χ0n) is 41.3. The van der Waals surface area contributed by atoms with Crippen LogP contribution in [0.2, 0.25) is 0 Å². The molecular weight excluding hydrogens is 885 g/mol. The summed E-state index contributed by atoms with van der Waals surface area (Å²) in [5.74, 6) is -0.742. The van der Waals surface area contributed by atoms with Crippen molar-refractivity contribution in [2.45, 2.75) is 26.2 Å². The number of nitrogens with zero attached hydrogens (tertiary/aromatic N) is 4. The summed E-state index contributed by atoms with van der Waals surface area (Å²) < 4.78 is 22.8. The molecule has 13 nitrogen and oxygen atoms in total. The van der Waals surface area contributed by atoms with E-state index in [0.29, 0.717) is 28.4 Å². The van der Waals surface area contributed by atoms with Gasteiger partial charge in [-0.05, 0) is 120 Å². The summed E-state index contributed by atoms with van der Waals surface area (Å²) in [7, 11) is 11.9. The molecule has 0 radical (unpaired) electrons. The molecule has 1 heterocycles.